The average molecular weight is 401 g/mol. The van der Waals surface area contributed by atoms with E-state index in [4.69, 9.17) is 0 Å². The van der Waals surface area contributed by atoms with Crippen molar-refractivity contribution < 1.29 is 9.59 Å². The molecule has 0 aliphatic carbocycles. The van der Waals surface area contributed by atoms with Crippen LogP contribution in [0, 0.1) is 0 Å². The van der Waals surface area contributed by atoms with Crippen LogP contribution in [0.25, 0.3) is 0 Å². The second-order valence-electron chi connectivity index (χ2n) is 9.65. The number of rotatable bonds is 0. The molecule has 2 N–H and O–H groups in total. The third kappa shape index (κ3) is 14.4. The fourth-order valence-corrected chi connectivity index (χ4v) is 8.94. The molecule has 0 aromatic carbocycles. The van der Waals surface area contributed by atoms with E-state index in [-0.39, 0.29) is 0 Å². The molecule has 0 atom stereocenters. The Morgan fingerprint density at radius 1 is 0.346 bits per heavy atom. The molecule has 0 bridgehead atoms. The number of hydrogen-bond donors (Lipinski definition) is 2. The fourth-order valence-electron chi connectivity index (χ4n) is 4.39. The molecule has 0 aromatic rings. The van der Waals surface area contributed by atoms with Crippen LogP contribution in [0.4, 0.5) is 0 Å². The van der Waals surface area contributed by atoms with Crippen molar-refractivity contribution in [1.82, 2.24) is 0 Å². The van der Waals surface area contributed by atoms with E-state index in [1.54, 1.807) is 0 Å². The summed E-state index contributed by atoms with van der Waals surface area (Å²) < 4.78 is 0. The Bertz CT molecular complexity index is 272. The first-order chi connectivity index (χ1) is 12.4. The molecule has 1 heterocycles. The van der Waals surface area contributed by atoms with Crippen LogP contribution in [0.5, 0.6) is 0 Å². The molecule has 0 spiro atoms. The summed E-state index contributed by atoms with van der Waals surface area (Å²) in [5.41, 5.74) is 0. The summed E-state index contributed by atoms with van der Waals surface area (Å²) in [5.74, 6) is 0. The van der Waals surface area contributed by atoms with Crippen LogP contribution in [0.2, 0.25) is 37.3 Å². The predicted octanol–water partition coefficient (Wildman–Crippen LogP) is 7.38. The molecule has 156 valence electrons. The largest absolute Gasteiger partial charge is 0.432 e. The molecule has 0 unspecified atom stereocenters. The Morgan fingerprint density at radius 2 is 0.500 bits per heavy atom. The van der Waals surface area contributed by atoms with Gasteiger partial charge in [-0.3, -0.25) is 0 Å². The van der Waals surface area contributed by atoms with Crippen molar-refractivity contribution in [1.29, 1.82) is 0 Å². The number of hydrogen-bond acceptors (Lipinski definition) is 2. The predicted molar refractivity (Wildman–Crippen MR) is 121 cm³/mol. The van der Waals surface area contributed by atoms with Crippen LogP contribution in [0.1, 0.15) is 103 Å². The topological polar surface area (TPSA) is 40.5 Å². The summed E-state index contributed by atoms with van der Waals surface area (Å²) in [6.45, 7) is 4.37. The van der Waals surface area contributed by atoms with Gasteiger partial charge in [0.25, 0.3) is 0 Å². The molecule has 2 nitrogen and oxygen atoms in total. The summed E-state index contributed by atoms with van der Waals surface area (Å²) in [6.07, 6.45) is 21.0. The van der Waals surface area contributed by atoms with Crippen molar-refractivity contribution in [2.45, 2.75) is 140 Å². The average Bonchev–Trinajstić information content (AvgIpc) is 2.57. The van der Waals surface area contributed by atoms with Crippen molar-refractivity contribution in [2.24, 2.45) is 0 Å². The normalized spacial score (nSPS) is 33.7. The first-order valence-electron chi connectivity index (χ1n) is 11.9. The molecule has 26 heavy (non-hydrogen) atoms. The molecule has 0 aromatic heterocycles. The van der Waals surface area contributed by atoms with Crippen molar-refractivity contribution in [2.75, 3.05) is 0 Å². The molecule has 0 amide bonds. The van der Waals surface area contributed by atoms with E-state index in [0.29, 0.717) is 0 Å². The van der Waals surface area contributed by atoms with Gasteiger partial charge in [0.2, 0.25) is 0 Å². The molecule has 1 saturated heterocycles. The van der Waals surface area contributed by atoms with Gasteiger partial charge < -0.3 is 9.59 Å². The highest BCUT2D eigenvalue weighted by molar-refractivity contribution is 6.71. The third-order valence-corrected chi connectivity index (χ3v) is 12.1. The van der Waals surface area contributed by atoms with Crippen molar-refractivity contribution >= 4 is 16.6 Å². The van der Waals surface area contributed by atoms with E-state index in [1.807, 2.05) is 0 Å². The zero-order chi connectivity index (χ0) is 19.1. The Labute approximate surface area is 166 Å². The van der Waals surface area contributed by atoms with Gasteiger partial charge in [-0.2, -0.15) is 0 Å². The second-order valence-corrected chi connectivity index (χ2v) is 17.6. The van der Waals surface area contributed by atoms with Gasteiger partial charge in [-0.1, -0.05) is 103 Å². The van der Waals surface area contributed by atoms with Crippen molar-refractivity contribution in [3.63, 3.8) is 0 Å². The van der Waals surface area contributed by atoms with Gasteiger partial charge in [-0.15, -0.1) is 0 Å². The first kappa shape index (κ1) is 24.4. The minimum Gasteiger partial charge on any atom is -0.432 e. The lowest BCUT2D eigenvalue weighted by atomic mass is 10.1. The van der Waals surface area contributed by atoms with E-state index in [9.17, 15) is 9.59 Å². The SMILES string of the molecule is C[Si]1(O)CCCCCCCCCC[Si](C)(O)CCCCCCCCCC1. The van der Waals surface area contributed by atoms with Crippen molar-refractivity contribution in [3.05, 3.63) is 0 Å². The Morgan fingerprint density at radius 3 is 0.692 bits per heavy atom. The van der Waals surface area contributed by atoms with E-state index in [2.05, 4.69) is 13.1 Å². The van der Waals surface area contributed by atoms with E-state index in [0.717, 1.165) is 24.2 Å². The molecule has 1 aliphatic heterocycles. The zero-order valence-electron chi connectivity index (χ0n) is 18.0. The molecular weight excluding hydrogens is 352 g/mol. The van der Waals surface area contributed by atoms with Gasteiger partial charge >= 0.3 is 0 Å². The van der Waals surface area contributed by atoms with E-state index >= 15 is 0 Å². The maximum Gasteiger partial charge on any atom is 0.185 e. The van der Waals surface area contributed by atoms with Crippen LogP contribution in [-0.2, 0) is 0 Å². The van der Waals surface area contributed by atoms with E-state index in [1.165, 1.54) is 103 Å². The molecule has 1 aliphatic rings. The molecule has 1 rings (SSSR count). The maximum atomic E-state index is 10.7. The Hall–Kier alpha value is 0.354. The summed E-state index contributed by atoms with van der Waals surface area (Å²) in [5, 5.41) is 0. The van der Waals surface area contributed by atoms with Gasteiger partial charge in [0, 0.05) is 0 Å². The second kappa shape index (κ2) is 14.4. The highest BCUT2D eigenvalue weighted by atomic mass is 28.4. The molecule has 0 radical (unpaired) electrons. The third-order valence-electron chi connectivity index (χ3n) is 6.36. The first-order valence-corrected chi connectivity index (χ1v) is 17.6. The summed E-state index contributed by atoms with van der Waals surface area (Å²) in [6, 6.07) is 4.47. The Kier molecular flexibility index (Phi) is 13.5. The molecule has 0 saturated carbocycles. The minimum atomic E-state index is -1.90. The molecule has 4 heteroatoms. The molecule has 1 fully saturated rings. The van der Waals surface area contributed by atoms with Gasteiger partial charge in [0.15, 0.2) is 16.6 Å². The highest BCUT2D eigenvalue weighted by Crippen LogP contribution is 2.23. The minimum absolute atomic E-state index is 1.12. The standard InChI is InChI=1S/C22H48O2Si2/c1-25(23)19-15-11-7-3-5-9-13-17-21-26(2,24)22-18-14-10-6-4-8-12-16-20-25/h23-24H,3-22H2,1-2H3. The lowest BCUT2D eigenvalue weighted by Gasteiger charge is -2.20. The summed E-state index contributed by atoms with van der Waals surface area (Å²) >= 11 is 0. The van der Waals surface area contributed by atoms with Crippen LogP contribution < -0.4 is 0 Å². The lowest BCUT2D eigenvalue weighted by Crippen LogP contribution is -2.29. The summed E-state index contributed by atoms with van der Waals surface area (Å²) in [7, 11) is -3.79. The highest BCUT2D eigenvalue weighted by Gasteiger charge is 2.23. The lowest BCUT2D eigenvalue weighted by molar-refractivity contribution is 0.503. The van der Waals surface area contributed by atoms with Crippen LogP contribution >= 0.6 is 0 Å². The van der Waals surface area contributed by atoms with Gasteiger partial charge in [0.05, 0.1) is 0 Å². The van der Waals surface area contributed by atoms with Crippen LogP contribution in [-0.4, -0.2) is 26.2 Å². The van der Waals surface area contributed by atoms with Crippen molar-refractivity contribution in [3.8, 4) is 0 Å². The summed E-state index contributed by atoms with van der Waals surface area (Å²) in [4.78, 5) is 21.3. The molecular formula is C22H48O2Si2. The Balaban J connectivity index is 2.27. The monoisotopic (exact) mass is 400 g/mol. The fraction of sp³-hybridized carbons (Fsp3) is 1.00. The quantitative estimate of drug-likeness (QED) is 0.416. The van der Waals surface area contributed by atoms with Gasteiger partial charge in [-0.05, 0) is 37.3 Å². The van der Waals surface area contributed by atoms with Crippen LogP contribution in [0.3, 0.4) is 0 Å². The van der Waals surface area contributed by atoms with Gasteiger partial charge in [-0.25, -0.2) is 0 Å². The van der Waals surface area contributed by atoms with Crippen LogP contribution in [0.15, 0.2) is 0 Å². The smallest absolute Gasteiger partial charge is 0.185 e. The maximum absolute atomic E-state index is 10.7. The zero-order valence-corrected chi connectivity index (χ0v) is 20.0. The van der Waals surface area contributed by atoms with Gasteiger partial charge in [0.1, 0.15) is 0 Å². The van der Waals surface area contributed by atoms with E-state index < -0.39 is 16.6 Å².